The molecule has 2 aromatic carbocycles. The summed E-state index contributed by atoms with van der Waals surface area (Å²) in [5, 5.41) is 3.31. The highest BCUT2D eigenvalue weighted by atomic mass is 79.9. The summed E-state index contributed by atoms with van der Waals surface area (Å²) in [6, 6.07) is 12.1. The number of aromatic nitrogens is 1. The molecule has 1 heterocycles. The van der Waals surface area contributed by atoms with Crippen LogP contribution in [0.5, 0.6) is 5.75 Å². The van der Waals surface area contributed by atoms with Crippen molar-refractivity contribution in [1.82, 2.24) is 4.98 Å². The summed E-state index contributed by atoms with van der Waals surface area (Å²) in [4.78, 5) is 4.45. The van der Waals surface area contributed by atoms with E-state index < -0.39 is 0 Å². The van der Waals surface area contributed by atoms with Gasteiger partial charge in [-0.25, -0.2) is 0 Å². The first kappa shape index (κ1) is 10.5. The summed E-state index contributed by atoms with van der Waals surface area (Å²) >= 11 is 3.50. The van der Waals surface area contributed by atoms with Crippen molar-refractivity contribution in [2.45, 2.75) is 0 Å². The van der Waals surface area contributed by atoms with E-state index in [2.05, 4.69) is 27.0 Å². The number of pyridine rings is 1. The maximum absolute atomic E-state index is 5.43. The highest BCUT2D eigenvalue weighted by Crippen LogP contribution is 2.32. The van der Waals surface area contributed by atoms with Gasteiger partial charge in [0, 0.05) is 26.8 Å². The first-order chi connectivity index (χ1) is 8.29. The summed E-state index contributed by atoms with van der Waals surface area (Å²) in [5.41, 5.74) is 0.977. The molecular formula is C14H10BrNO. The maximum atomic E-state index is 5.43. The zero-order valence-corrected chi connectivity index (χ0v) is 10.9. The monoisotopic (exact) mass is 287 g/mol. The lowest BCUT2D eigenvalue weighted by Gasteiger charge is -2.08. The van der Waals surface area contributed by atoms with Crippen molar-refractivity contribution >= 4 is 37.6 Å². The van der Waals surface area contributed by atoms with E-state index in [0.29, 0.717) is 0 Å². The molecule has 2 nitrogen and oxygen atoms in total. The molecule has 0 aliphatic rings. The van der Waals surface area contributed by atoms with Gasteiger partial charge in [-0.05, 0) is 24.3 Å². The molecule has 0 saturated heterocycles. The molecule has 1 aromatic heterocycles. The van der Waals surface area contributed by atoms with Gasteiger partial charge in [0.2, 0.25) is 0 Å². The van der Waals surface area contributed by atoms with Crippen molar-refractivity contribution in [3.8, 4) is 5.75 Å². The minimum absolute atomic E-state index is 0.882. The molecule has 0 radical (unpaired) electrons. The number of halogens is 1. The van der Waals surface area contributed by atoms with Crippen molar-refractivity contribution in [2.24, 2.45) is 0 Å². The Kier molecular flexibility index (Phi) is 2.48. The van der Waals surface area contributed by atoms with Crippen LogP contribution in [-0.2, 0) is 0 Å². The SMILES string of the molecule is COc1cccc2cnc3ccc(Br)cc3c12. The standard InChI is InChI=1S/C14H10BrNO/c1-17-13-4-2-3-9-8-16-12-6-5-10(15)7-11(12)14(9)13/h2-8H,1H3. The van der Waals surface area contributed by atoms with Gasteiger partial charge in [0.15, 0.2) is 0 Å². The van der Waals surface area contributed by atoms with E-state index in [1.165, 1.54) is 0 Å². The normalized spacial score (nSPS) is 10.9. The average Bonchev–Trinajstić information content (AvgIpc) is 2.37. The first-order valence-corrected chi connectivity index (χ1v) is 6.10. The van der Waals surface area contributed by atoms with E-state index in [1.807, 2.05) is 36.5 Å². The Morgan fingerprint density at radius 2 is 2.06 bits per heavy atom. The third-order valence-electron chi connectivity index (χ3n) is 2.85. The van der Waals surface area contributed by atoms with Crippen molar-refractivity contribution in [1.29, 1.82) is 0 Å². The summed E-state index contributed by atoms with van der Waals surface area (Å²) in [6.45, 7) is 0. The van der Waals surface area contributed by atoms with E-state index in [0.717, 1.165) is 31.9 Å². The molecule has 0 saturated carbocycles. The highest BCUT2D eigenvalue weighted by molar-refractivity contribution is 9.10. The Balaban J connectivity index is 2.56. The molecule has 3 aromatic rings. The second kappa shape index (κ2) is 4.00. The Morgan fingerprint density at radius 3 is 2.88 bits per heavy atom. The van der Waals surface area contributed by atoms with Crippen LogP contribution < -0.4 is 4.74 Å². The van der Waals surface area contributed by atoms with Crippen LogP contribution in [0.3, 0.4) is 0 Å². The average molecular weight is 288 g/mol. The van der Waals surface area contributed by atoms with Gasteiger partial charge in [0.1, 0.15) is 5.75 Å². The predicted octanol–water partition coefficient (Wildman–Crippen LogP) is 4.16. The zero-order chi connectivity index (χ0) is 11.8. The second-order valence-corrected chi connectivity index (χ2v) is 4.76. The third kappa shape index (κ3) is 1.67. The van der Waals surface area contributed by atoms with Crippen LogP contribution in [0.15, 0.2) is 47.1 Å². The minimum Gasteiger partial charge on any atom is -0.496 e. The van der Waals surface area contributed by atoms with Gasteiger partial charge < -0.3 is 4.74 Å². The van der Waals surface area contributed by atoms with Gasteiger partial charge >= 0.3 is 0 Å². The quantitative estimate of drug-likeness (QED) is 0.627. The second-order valence-electron chi connectivity index (χ2n) is 3.84. The number of hydrogen-bond donors (Lipinski definition) is 0. The van der Waals surface area contributed by atoms with E-state index in [4.69, 9.17) is 4.74 Å². The van der Waals surface area contributed by atoms with Crippen LogP contribution in [0.4, 0.5) is 0 Å². The summed E-state index contributed by atoms with van der Waals surface area (Å²) in [6.07, 6.45) is 1.88. The minimum atomic E-state index is 0.882. The van der Waals surface area contributed by atoms with Gasteiger partial charge in [-0.15, -0.1) is 0 Å². The molecule has 0 fully saturated rings. The lowest BCUT2D eigenvalue weighted by atomic mass is 10.1. The number of fused-ring (bicyclic) bond motifs is 3. The van der Waals surface area contributed by atoms with Gasteiger partial charge in [-0.2, -0.15) is 0 Å². The smallest absolute Gasteiger partial charge is 0.127 e. The Morgan fingerprint density at radius 1 is 1.18 bits per heavy atom. The molecule has 0 aliphatic heterocycles. The van der Waals surface area contributed by atoms with Gasteiger partial charge in [0.05, 0.1) is 12.6 Å². The molecule has 0 N–H and O–H groups in total. The first-order valence-electron chi connectivity index (χ1n) is 5.30. The number of benzene rings is 2. The zero-order valence-electron chi connectivity index (χ0n) is 9.27. The van der Waals surface area contributed by atoms with E-state index in [9.17, 15) is 0 Å². The Bertz CT molecular complexity index is 709. The molecule has 0 bridgehead atoms. The van der Waals surface area contributed by atoms with E-state index >= 15 is 0 Å². The molecule has 17 heavy (non-hydrogen) atoms. The Hall–Kier alpha value is -1.61. The predicted molar refractivity (Wildman–Crippen MR) is 73.5 cm³/mol. The van der Waals surface area contributed by atoms with E-state index in [1.54, 1.807) is 7.11 Å². The molecule has 3 heteroatoms. The summed E-state index contributed by atoms with van der Waals surface area (Å²) in [7, 11) is 1.69. The van der Waals surface area contributed by atoms with Gasteiger partial charge in [-0.3, -0.25) is 4.98 Å². The molecule has 3 rings (SSSR count). The van der Waals surface area contributed by atoms with Crippen molar-refractivity contribution in [3.05, 3.63) is 47.1 Å². The van der Waals surface area contributed by atoms with Crippen molar-refractivity contribution in [2.75, 3.05) is 7.11 Å². The molecular weight excluding hydrogens is 278 g/mol. The Labute approximate surface area is 107 Å². The largest absolute Gasteiger partial charge is 0.496 e. The molecule has 0 spiro atoms. The third-order valence-corrected chi connectivity index (χ3v) is 3.34. The van der Waals surface area contributed by atoms with Gasteiger partial charge in [-0.1, -0.05) is 28.1 Å². The van der Waals surface area contributed by atoms with Crippen LogP contribution in [0.1, 0.15) is 0 Å². The van der Waals surface area contributed by atoms with Crippen molar-refractivity contribution in [3.63, 3.8) is 0 Å². The number of hydrogen-bond acceptors (Lipinski definition) is 2. The lowest BCUT2D eigenvalue weighted by molar-refractivity contribution is 0.420. The highest BCUT2D eigenvalue weighted by Gasteiger charge is 2.07. The number of ether oxygens (including phenoxy) is 1. The molecule has 0 unspecified atom stereocenters. The van der Waals surface area contributed by atoms with E-state index in [-0.39, 0.29) is 0 Å². The fraction of sp³-hybridized carbons (Fsp3) is 0.0714. The van der Waals surface area contributed by atoms with Gasteiger partial charge in [0.25, 0.3) is 0 Å². The summed E-state index contributed by atoms with van der Waals surface area (Å²) in [5.74, 6) is 0.882. The summed E-state index contributed by atoms with van der Waals surface area (Å²) < 4.78 is 6.48. The number of rotatable bonds is 1. The number of methoxy groups -OCH3 is 1. The van der Waals surface area contributed by atoms with Crippen LogP contribution in [0.2, 0.25) is 0 Å². The van der Waals surface area contributed by atoms with Crippen LogP contribution in [0, 0.1) is 0 Å². The van der Waals surface area contributed by atoms with Crippen LogP contribution in [-0.4, -0.2) is 12.1 Å². The van der Waals surface area contributed by atoms with Crippen LogP contribution in [0.25, 0.3) is 21.7 Å². The lowest BCUT2D eigenvalue weighted by Crippen LogP contribution is -1.88. The fourth-order valence-electron chi connectivity index (χ4n) is 2.07. The fourth-order valence-corrected chi connectivity index (χ4v) is 2.44. The number of nitrogens with zero attached hydrogens (tertiary/aromatic N) is 1. The van der Waals surface area contributed by atoms with Crippen LogP contribution >= 0.6 is 15.9 Å². The molecule has 0 atom stereocenters. The maximum Gasteiger partial charge on any atom is 0.127 e. The topological polar surface area (TPSA) is 22.1 Å². The molecule has 84 valence electrons. The molecule has 0 amide bonds. The molecule has 0 aliphatic carbocycles. The van der Waals surface area contributed by atoms with Crippen molar-refractivity contribution < 1.29 is 4.74 Å².